The fraction of sp³-hybridized carbons (Fsp3) is 0.111. The molecule has 0 aromatic carbocycles. The molecule has 2 aliphatic rings. The average Bonchev–Trinajstić information content (AvgIpc) is 2.34. The molecule has 0 amide bonds. The van der Waals surface area contributed by atoms with E-state index in [2.05, 4.69) is 29.8 Å². The Balaban J connectivity index is 2.78. The van der Waals surface area contributed by atoms with Crippen molar-refractivity contribution >= 4 is 11.3 Å². The summed E-state index contributed by atoms with van der Waals surface area (Å²) < 4.78 is 0. The van der Waals surface area contributed by atoms with E-state index in [1.165, 1.54) is 16.7 Å². The molecule has 0 fully saturated rings. The van der Waals surface area contributed by atoms with Crippen molar-refractivity contribution < 1.29 is 0 Å². The normalized spacial score (nSPS) is 10.5. The first-order valence-corrected chi connectivity index (χ1v) is 4.15. The first-order chi connectivity index (χ1) is 4.88. The molecular weight excluding hydrogens is 140 g/mol. The standard InChI is InChI=1S/C9H7S/c1-7-2-3-8-4-5-10-6-9(7)8/h2,4-6H,1H3. The van der Waals surface area contributed by atoms with Crippen molar-refractivity contribution in [2.75, 3.05) is 0 Å². The summed E-state index contributed by atoms with van der Waals surface area (Å²) in [5.74, 6) is 0. The Morgan fingerprint density at radius 1 is 1.50 bits per heavy atom. The van der Waals surface area contributed by atoms with Gasteiger partial charge in [-0.05, 0) is 46.5 Å². The highest BCUT2D eigenvalue weighted by atomic mass is 32.1. The van der Waals surface area contributed by atoms with Crippen LogP contribution in [0.4, 0.5) is 0 Å². The molecule has 0 spiro atoms. The van der Waals surface area contributed by atoms with Gasteiger partial charge in [-0.25, -0.2) is 0 Å². The topological polar surface area (TPSA) is 0 Å². The Morgan fingerprint density at radius 2 is 2.40 bits per heavy atom. The molecule has 0 atom stereocenters. The van der Waals surface area contributed by atoms with Gasteiger partial charge in [0.1, 0.15) is 0 Å². The van der Waals surface area contributed by atoms with Crippen LogP contribution in [0.1, 0.15) is 5.56 Å². The van der Waals surface area contributed by atoms with Crippen molar-refractivity contribution in [3.63, 3.8) is 0 Å². The summed E-state index contributed by atoms with van der Waals surface area (Å²) in [5.41, 5.74) is 3.90. The van der Waals surface area contributed by atoms with E-state index in [1.54, 1.807) is 11.3 Å². The van der Waals surface area contributed by atoms with Gasteiger partial charge in [-0.3, -0.25) is 0 Å². The van der Waals surface area contributed by atoms with Crippen LogP contribution < -0.4 is 0 Å². The zero-order valence-corrected chi connectivity index (χ0v) is 6.53. The highest BCUT2D eigenvalue weighted by molar-refractivity contribution is 7.07. The predicted molar refractivity (Wildman–Crippen MR) is 44.5 cm³/mol. The molecule has 1 radical (unpaired) electrons. The molecule has 0 N–H and O–H groups in total. The van der Waals surface area contributed by atoms with Crippen molar-refractivity contribution in [1.82, 2.24) is 0 Å². The number of rotatable bonds is 0. The largest absolute Gasteiger partial charge is 0.152 e. The molecule has 0 unspecified atom stereocenters. The highest BCUT2D eigenvalue weighted by Crippen LogP contribution is 2.27. The molecule has 0 nitrogen and oxygen atoms in total. The fourth-order valence-electron chi connectivity index (χ4n) is 1.06. The zero-order chi connectivity index (χ0) is 6.97. The van der Waals surface area contributed by atoms with E-state index in [-0.39, 0.29) is 0 Å². The molecule has 0 aromatic rings. The summed E-state index contributed by atoms with van der Waals surface area (Å²) >= 11 is 1.73. The molecule has 0 aromatic heterocycles. The Morgan fingerprint density at radius 3 is 3.20 bits per heavy atom. The maximum absolute atomic E-state index is 3.19. The van der Waals surface area contributed by atoms with Gasteiger partial charge in [0.2, 0.25) is 0 Å². The van der Waals surface area contributed by atoms with Crippen LogP contribution in [0.5, 0.6) is 0 Å². The molecule has 1 heteroatoms. The van der Waals surface area contributed by atoms with Gasteiger partial charge < -0.3 is 0 Å². The SMILES string of the molecule is Cc1c[c]c2ccscc1-2. The van der Waals surface area contributed by atoms with Gasteiger partial charge in [-0.2, -0.15) is 11.3 Å². The smallest absolute Gasteiger partial charge is 0.00121 e. The van der Waals surface area contributed by atoms with Crippen LogP contribution >= 0.6 is 11.3 Å². The van der Waals surface area contributed by atoms with Crippen molar-refractivity contribution in [3.8, 4) is 11.1 Å². The molecule has 1 aliphatic heterocycles. The summed E-state index contributed by atoms with van der Waals surface area (Å²) in [6, 6.07) is 7.34. The molecular formula is C9H7S. The summed E-state index contributed by atoms with van der Waals surface area (Å²) in [4.78, 5) is 0. The highest BCUT2D eigenvalue weighted by Gasteiger charge is 2.03. The van der Waals surface area contributed by atoms with E-state index >= 15 is 0 Å². The quantitative estimate of drug-likeness (QED) is 0.537. The predicted octanol–water partition coefficient (Wildman–Crippen LogP) is 2.96. The fourth-order valence-corrected chi connectivity index (χ4v) is 1.81. The summed E-state index contributed by atoms with van der Waals surface area (Å²) in [6.45, 7) is 2.12. The molecule has 10 heavy (non-hydrogen) atoms. The van der Waals surface area contributed by atoms with Crippen molar-refractivity contribution in [2.45, 2.75) is 6.92 Å². The van der Waals surface area contributed by atoms with Gasteiger partial charge in [0.25, 0.3) is 0 Å². The van der Waals surface area contributed by atoms with Gasteiger partial charge in [-0.15, -0.1) is 0 Å². The second-order valence-electron chi connectivity index (χ2n) is 2.36. The van der Waals surface area contributed by atoms with E-state index in [1.807, 2.05) is 6.07 Å². The molecule has 1 aliphatic carbocycles. The van der Waals surface area contributed by atoms with E-state index in [9.17, 15) is 0 Å². The average molecular weight is 147 g/mol. The van der Waals surface area contributed by atoms with Gasteiger partial charge in [0.05, 0.1) is 0 Å². The number of aryl methyl sites for hydroxylation is 1. The van der Waals surface area contributed by atoms with Crippen molar-refractivity contribution in [2.24, 2.45) is 0 Å². The second kappa shape index (κ2) is 2.10. The molecule has 2 rings (SSSR count). The third kappa shape index (κ3) is 0.745. The Labute approximate surface area is 64.5 Å². The van der Waals surface area contributed by atoms with E-state index in [4.69, 9.17) is 0 Å². The van der Waals surface area contributed by atoms with Gasteiger partial charge >= 0.3 is 0 Å². The maximum Gasteiger partial charge on any atom is -0.00121 e. The van der Waals surface area contributed by atoms with Crippen LogP contribution in [0, 0.1) is 13.0 Å². The van der Waals surface area contributed by atoms with Gasteiger partial charge in [0, 0.05) is 0 Å². The molecule has 1 heterocycles. The van der Waals surface area contributed by atoms with Crippen molar-refractivity contribution in [3.05, 3.63) is 34.5 Å². The van der Waals surface area contributed by atoms with Crippen LogP contribution in [-0.2, 0) is 0 Å². The van der Waals surface area contributed by atoms with E-state index in [0.29, 0.717) is 0 Å². The lowest BCUT2D eigenvalue weighted by atomic mass is 10.2. The van der Waals surface area contributed by atoms with Crippen LogP contribution in [0.3, 0.4) is 0 Å². The van der Waals surface area contributed by atoms with Crippen LogP contribution in [0.15, 0.2) is 22.9 Å². The van der Waals surface area contributed by atoms with E-state index < -0.39 is 0 Å². The van der Waals surface area contributed by atoms with Gasteiger partial charge in [-0.1, -0.05) is 6.07 Å². The Bertz CT molecular complexity index is 309. The minimum Gasteiger partial charge on any atom is -0.152 e. The molecule has 49 valence electrons. The van der Waals surface area contributed by atoms with E-state index in [0.717, 1.165) is 0 Å². The first-order valence-electron chi connectivity index (χ1n) is 3.21. The third-order valence-corrected chi connectivity index (χ3v) is 2.32. The third-order valence-electron chi connectivity index (χ3n) is 1.66. The molecule has 0 bridgehead atoms. The lowest BCUT2D eigenvalue weighted by molar-refractivity contribution is 1.55. The van der Waals surface area contributed by atoms with Crippen LogP contribution in [-0.4, -0.2) is 0 Å². The maximum atomic E-state index is 3.19. The summed E-state index contributed by atoms with van der Waals surface area (Å²) in [6.07, 6.45) is 0. The number of hydrogen-bond donors (Lipinski definition) is 0. The first kappa shape index (κ1) is 5.93. The minimum absolute atomic E-state index is 1.23. The zero-order valence-electron chi connectivity index (χ0n) is 5.72. The molecule has 0 saturated heterocycles. The minimum atomic E-state index is 1.23. The van der Waals surface area contributed by atoms with Crippen LogP contribution in [0.2, 0.25) is 0 Å². The lowest BCUT2D eigenvalue weighted by Crippen LogP contribution is -1.70. The lowest BCUT2D eigenvalue weighted by Gasteiger charge is -1.95. The van der Waals surface area contributed by atoms with Crippen molar-refractivity contribution in [1.29, 1.82) is 0 Å². The Hall–Kier alpha value is -0.820. The summed E-state index contributed by atoms with van der Waals surface area (Å²) in [7, 11) is 0. The second-order valence-corrected chi connectivity index (χ2v) is 3.14. The monoisotopic (exact) mass is 147 g/mol. The molecule has 0 saturated carbocycles. The van der Waals surface area contributed by atoms with Crippen LogP contribution in [0.25, 0.3) is 11.1 Å². The number of fused-ring (bicyclic) bond motifs is 1. The number of hydrogen-bond acceptors (Lipinski definition) is 1. The Kier molecular flexibility index (Phi) is 1.24. The van der Waals surface area contributed by atoms with Gasteiger partial charge in [0.15, 0.2) is 0 Å². The summed E-state index contributed by atoms with van der Waals surface area (Å²) in [5, 5.41) is 4.25.